The maximum Gasteiger partial charge on any atom is 0.270 e. The predicted molar refractivity (Wildman–Crippen MR) is 78.6 cm³/mol. The number of hydrogen-bond acceptors (Lipinski definition) is 5. The fourth-order valence-electron chi connectivity index (χ4n) is 2.49. The van der Waals surface area contributed by atoms with Crippen LogP contribution in [0.15, 0.2) is 18.2 Å². The highest BCUT2D eigenvalue weighted by atomic mass is 16.6. The van der Waals surface area contributed by atoms with E-state index in [-0.39, 0.29) is 18.8 Å². The zero-order chi connectivity index (χ0) is 15.2. The molecular weight excluding hydrogens is 274 g/mol. The highest BCUT2D eigenvalue weighted by Gasteiger charge is 2.21. The number of anilines is 1. The van der Waals surface area contributed by atoms with Crippen LogP contribution >= 0.6 is 0 Å². The highest BCUT2D eigenvalue weighted by molar-refractivity contribution is 6.00. The van der Waals surface area contributed by atoms with Gasteiger partial charge in [0.25, 0.3) is 11.6 Å². The first-order valence-electron chi connectivity index (χ1n) is 7.06. The van der Waals surface area contributed by atoms with Gasteiger partial charge in [-0.2, -0.15) is 0 Å². The smallest absolute Gasteiger partial charge is 0.270 e. The molecule has 0 radical (unpaired) electrons. The third-order valence-electron chi connectivity index (χ3n) is 3.53. The lowest BCUT2D eigenvalue weighted by Gasteiger charge is -2.30. The Labute approximate surface area is 122 Å². The van der Waals surface area contributed by atoms with E-state index in [1.165, 1.54) is 12.1 Å². The number of nitrogens with one attached hydrogen (secondary N) is 1. The summed E-state index contributed by atoms with van der Waals surface area (Å²) in [5, 5.41) is 22.2. The molecular formula is C14H19N3O4. The zero-order valence-electron chi connectivity index (χ0n) is 11.7. The van der Waals surface area contributed by atoms with Crippen molar-refractivity contribution in [3.63, 3.8) is 0 Å². The van der Waals surface area contributed by atoms with Crippen LogP contribution in [0.4, 0.5) is 11.4 Å². The monoisotopic (exact) mass is 293 g/mol. The summed E-state index contributed by atoms with van der Waals surface area (Å²) in [6.07, 6.45) is 3.26. The molecule has 1 aliphatic rings. The molecule has 2 rings (SSSR count). The number of nitrogens with zero attached hydrogens (tertiary/aromatic N) is 2. The van der Waals surface area contributed by atoms with Crippen LogP contribution in [0.1, 0.15) is 29.6 Å². The van der Waals surface area contributed by atoms with Gasteiger partial charge in [-0.25, -0.2) is 0 Å². The Balaban J connectivity index is 2.33. The topological polar surface area (TPSA) is 95.7 Å². The maximum absolute atomic E-state index is 12.2. The number of rotatable bonds is 5. The molecule has 0 aromatic heterocycles. The number of carbonyl (C=O) groups is 1. The second kappa shape index (κ2) is 7.03. The van der Waals surface area contributed by atoms with Crippen LogP contribution in [-0.2, 0) is 0 Å². The highest BCUT2D eigenvalue weighted by Crippen LogP contribution is 2.27. The molecule has 1 aromatic rings. The second-order valence-corrected chi connectivity index (χ2v) is 4.99. The van der Waals surface area contributed by atoms with Crippen LogP contribution in [0.5, 0.6) is 0 Å². The molecule has 0 atom stereocenters. The lowest BCUT2D eigenvalue weighted by molar-refractivity contribution is -0.384. The minimum Gasteiger partial charge on any atom is -0.395 e. The quantitative estimate of drug-likeness (QED) is 0.630. The molecule has 1 aliphatic heterocycles. The number of non-ortho nitro benzene ring substituents is 1. The second-order valence-electron chi connectivity index (χ2n) is 4.99. The zero-order valence-corrected chi connectivity index (χ0v) is 11.7. The van der Waals surface area contributed by atoms with Crippen molar-refractivity contribution < 1.29 is 14.8 Å². The molecule has 2 N–H and O–H groups in total. The molecule has 1 fully saturated rings. The van der Waals surface area contributed by atoms with Gasteiger partial charge in [0.1, 0.15) is 0 Å². The van der Waals surface area contributed by atoms with Gasteiger partial charge in [-0.3, -0.25) is 14.9 Å². The first-order valence-corrected chi connectivity index (χ1v) is 7.06. The number of nitro groups is 1. The summed E-state index contributed by atoms with van der Waals surface area (Å²) in [6, 6.07) is 4.36. The molecule has 7 heteroatoms. The van der Waals surface area contributed by atoms with Crippen LogP contribution in [-0.4, -0.2) is 42.2 Å². The number of aliphatic hydroxyl groups excluding tert-OH is 1. The third-order valence-corrected chi connectivity index (χ3v) is 3.53. The van der Waals surface area contributed by atoms with Gasteiger partial charge < -0.3 is 15.3 Å². The predicted octanol–water partition coefficient (Wildman–Crippen LogP) is 1.31. The van der Waals surface area contributed by atoms with E-state index in [9.17, 15) is 14.9 Å². The van der Waals surface area contributed by atoms with Crippen LogP contribution in [0.25, 0.3) is 0 Å². The number of carbonyl (C=O) groups excluding carboxylic acids is 1. The van der Waals surface area contributed by atoms with Crippen LogP contribution in [0.3, 0.4) is 0 Å². The molecule has 1 amide bonds. The molecule has 21 heavy (non-hydrogen) atoms. The summed E-state index contributed by atoms with van der Waals surface area (Å²) in [5.41, 5.74) is 0.903. The fraction of sp³-hybridized carbons (Fsp3) is 0.500. The summed E-state index contributed by atoms with van der Waals surface area (Å²) in [4.78, 5) is 24.6. The van der Waals surface area contributed by atoms with Crippen LogP contribution < -0.4 is 10.2 Å². The molecule has 0 bridgehead atoms. The lowest BCUT2D eigenvalue weighted by Crippen LogP contribution is -2.33. The normalized spacial score (nSPS) is 14.8. The van der Waals surface area contributed by atoms with E-state index in [4.69, 9.17) is 5.11 Å². The summed E-state index contributed by atoms with van der Waals surface area (Å²) >= 11 is 0. The van der Waals surface area contributed by atoms with E-state index >= 15 is 0 Å². The van der Waals surface area contributed by atoms with Gasteiger partial charge in [-0.05, 0) is 25.3 Å². The van der Waals surface area contributed by atoms with Crippen molar-refractivity contribution in [1.82, 2.24) is 5.32 Å². The van der Waals surface area contributed by atoms with E-state index < -0.39 is 10.8 Å². The average Bonchev–Trinajstić information content (AvgIpc) is 2.52. The van der Waals surface area contributed by atoms with E-state index in [1.54, 1.807) is 6.07 Å². The molecule has 1 aromatic carbocycles. The molecule has 0 aliphatic carbocycles. The molecule has 0 spiro atoms. The maximum atomic E-state index is 12.2. The van der Waals surface area contributed by atoms with Gasteiger partial charge in [-0.1, -0.05) is 0 Å². The van der Waals surface area contributed by atoms with Crippen molar-refractivity contribution in [2.24, 2.45) is 0 Å². The van der Waals surface area contributed by atoms with Gasteiger partial charge in [0.05, 0.1) is 22.8 Å². The van der Waals surface area contributed by atoms with Gasteiger partial charge >= 0.3 is 0 Å². The number of aliphatic hydroxyl groups is 1. The van der Waals surface area contributed by atoms with Crippen molar-refractivity contribution >= 4 is 17.3 Å². The first kappa shape index (κ1) is 15.2. The van der Waals surface area contributed by atoms with Crippen molar-refractivity contribution in [2.75, 3.05) is 31.1 Å². The Bertz CT molecular complexity index is 527. The lowest BCUT2D eigenvalue weighted by atomic mass is 10.1. The van der Waals surface area contributed by atoms with E-state index in [2.05, 4.69) is 10.2 Å². The SMILES string of the molecule is O=C(NCCO)c1cc([N+](=O)[O-])ccc1N1CCCCC1. The first-order chi connectivity index (χ1) is 10.1. The summed E-state index contributed by atoms with van der Waals surface area (Å²) < 4.78 is 0. The Hall–Kier alpha value is -2.15. The summed E-state index contributed by atoms with van der Waals surface area (Å²) in [5.74, 6) is -0.395. The van der Waals surface area contributed by atoms with Crippen LogP contribution in [0, 0.1) is 10.1 Å². The number of piperidine rings is 1. The summed E-state index contributed by atoms with van der Waals surface area (Å²) in [7, 11) is 0. The fourth-order valence-corrected chi connectivity index (χ4v) is 2.49. The van der Waals surface area contributed by atoms with E-state index in [0.717, 1.165) is 38.0 Å². The van der Waals surface area contributed by atoms with Gasteiger partial charge in [0.2, 0.25) is 0 Å². The molecule has 0 unspecified atom stereocenters. The minimum absolute atomic E-state index is 0.107. The number of benzene rings is 1. The van der Waals surface area contributed by atoms with Gasteiger partial charge in [-0.15, -0.1) is 0 Å². The average molecular weight is 293 g/mol. The van der Waals surface area contributed by atoms with Gasteiger partial charge in [0, 0.05) is 31.8 Å². The van der Waals surface area contributed by atoms with Crippen molar-refractivity contribution in [2.45, 2.75) is 19.3 Å². The number of nitro benzene ring substituents is 1. The molecule has 0 saturated carbocycles. The molecule has 1 heterocycles. The summed E-state index contributed by atoms with van der Waals surface area (Å²) in [6.45, 7) is 1.65. The Morgan fingerprint density at radius 1 is 1.33 bits per heavy atom. The molecule has 1 saturated heterocycles. The van der Waals surface area contributed by atoms with Crippen molar-refractivity contribution in [3.8, 4) is 0 Å². The van der Waals surface area contributed by atoms with Crippen molar-refractivity contribution in [3.05, 3.63) is 33.9 Å². The van der Waals surface area contributed by atoms with E-state index in [0.29, 0.717) is 5.56 Å². The van der Waals surface area contributed by atoms with Gasteiger partial charge in [0.15, 0.2) is 0 Å². The number of amides is 1. The Morgan fingerprint density at radius 3 is 2.67 bits per heavy atom. The number of hydrogen-bond donors (Lipinski definition) is 2. The van der Waals surface area contributed by atoms with Crippen molar-refractivity contribution in [1.29, 1.82) is 0 Å². The standard InChI is InChI=1S/C14H19N3O4/c18-9-6-15-14(19)12-10-11(17(20)21)4-5-13(12)16-7-2-1-3-8-16/h4-5,10,18H,1-3,6-9H2,(H,15,19). The third kappa shape index (κ3) is 3.69. The van der Waals surface area contributed by atoms with E-state index in [1.807, 2.05) is 0 Å². The molecule has 114 valence electrons. The Morgan fingerprint density at radius 2 is 2.05 bits per heavy atom. The van der Waals surface area contributed by atoms with Crippen LogP contribution in [0.2, 0.25) is 0 Å². The molecule has 7 nitrogen and oxygen atoms in total. The largest absolute Gasteiger partial charge is 0.395 e. The Kier molecular flexibility index (Phi) is 5.10. The minimum atomic E-state index is -0.511.